The summed E-state index contributed by atoms with van der Waals surface area (Å²) < 4.78 is 9.54. The molecule has 0 radical (unpaired) electrons. The van der Waals surface area contributed by atoms with E-state index in [0.29, 0.717) is 5.56 Å². The first-order valence-electron chi connectivity index (χ1n) is 6.08. The van der Waals surface area contributed by atoms with Gasteiger partial charge in [0.1, 0.15) is 11.9 Å². The molecule has 20 heavy (non-hydrogen) atoms. The van der Waals surface area contributed by atoms with Crippen LogP contribution in [0, 0.1) is 0 Å². The molecule has 0 bridgehead atoms. The standard InChI is InChI=1S/C15H16O5/c1-19-12-6-5-9-7-11(4-3-10(9)8-12)13(16)14(17)15(18)20-2/h3-8,13-14,16-17H,1-2H3. The monoisotopic (exact) mass is 276 g/mol. The van der Waals surface area contributed by atoms with Crippen molar-refractivity contribution in [3.05, 3.63) is 42.0 Å². The van der Waals surface area contributed by atoms with Crippen molar-refractivity contribution < 1.29 is 24.5 Å². The average molecular weight is 276 g/mol. The number of esters is 1. The first-order chi connectivity index (χ1) is 9.56. The Balaban J connectivity index is 2.34. The van der Waals surface area contributed by atoms with Crippen molar-refractivity contribution in [1.82, 2.24) is 0 Å². The molecule has 2 N–H and O–H groups in total. The van der Waals surface area contributed by atoms with E-state index in [1.54, 1.807) is 31.4 Å². The Kier molecular flexibility index (Phi) is 4.22. The van der Waals surface area contributed by atoms with Gasteiger partial charge in [0.25, 0.3) is 0 Å². The predicted octanol–water partition coefficient (Wildman–Crippen LogP) is 1.42. The van der Waals surface area contributed by atoms with Gasteiger partial charge in [-0.25, -0.2) is 4.79 Å². The summed E-state index contributed by atoms with van der Waals surface area (Å²) in [4.78, 5) is 11.2. The number of carbonyl (C=O) groups is 1. The number of ether oxygens (including phenoxy) is 2. The number of methoxy groups -OCH3 is 2. The van der Waals surface area contributed by atoms with Gasteiger partial charge in [0.05, 0.1) is 14.2 Å². The number of carbonyl (C=O) groups excluding carboxylic acids is 1. The van der Waals surface area contributed by atoms with Crippen molar-refractivity contribution in [3.8, 4) is 5.75 Å². The summed E-state index contributed by atoms with van der Waals surface area (Å²) in [6.07, 6.45) is -2.93. The summed E-state index contributed by atoms with van der Waals surface area (Å²) in [5.74, 6) is -0.132. The van der Waals surface area contributed by atoms with Gasteiger partial charge in [0.2, 0.25) is 0 Å². The minimum Gasteiger partial charge on any atom is -0.497 e. The molecule has 0 saturated heterocycles. The van der Waals surface area contributed by atoms with Crippen LogP contribution in [0.2, 0.25) is 0 Å². The smallest absolute Gasteiger partial charge is 0.337 e. The number of aliphatic hydroxyl groups is 2. The van der Waals surface area contributed by atoms with Gasteiger partial charge in [-0.2, -0.15) is 0 Å². The molecule has 0 heterocycles. The van der Waals surface area contributed by atoms with Gasteiger partial charge in [-0.3, -0.25) is 0 Å². The quantitative estimate of drug-likeness (QED) is 0.826. The topological polar surface area (TPSA) is 76.0 Å². The second-order valence-electron chi connectivity index (χ2n) is 4.39. The van der Waals surface area contributed by atoms with Crippen LogP contribution in [0.4, 0.5) is 0 Å². The van der Waals surface area contributed by atoms with Crippen LogP contribution < -0.4 is 4.74 Å². The second-order valence-corrected chi connectivity index (χ2v) is 4.39. The van der Waals surface area contributed by atoms with Crippen molar-refractivity contribution >= 4 is 16.7 Å². The Morgan fingerprint density at radius 3 is 2.35 bits per heavy atom. The average Bonchev–Trinajstić information content (AvgIpc) is 2.51. The molecule has 0 aromatic heterocycles. The maximum Gasteiger partial charge on any atom is 0.337 e. The van der Waals surface area contributed by atoms with E-state index >= 15 is 0 Å². The van der Waals surface area contributed by atoms with Crippen molar-refractivity contribution in [1.29, 1.82) is 0 Å². The fourth-order valence-electron chi connectivity index (χ4n) is 1.99. The Labute approximate surface area is 116 Å². The van der Waals surface area contributed by atoms with Crippen LogP contribution in [-0.4, -0.2) is 36.5 Å². The van der Waals surface area contributed by atoms with Gasteiger partial charge in [0, 0.05) is 0 Å². The Morgan fingerprint density at radius 2 is 1.70 bits per heavy atom. The normalized spacial score (nSPS) is 13.8. The molecule has 2 aromatic rings. The molecule has 0 spiro atoms. The molecule has 106 valence electrons. The highest BCUT2D eigenvalue weighted by Gasteiger charge is 2.26. The van der Waals surface area contributed by atoms with Gasteiger partial charge >= 0.3 is 5.97 Å². The molecule has 0 saturated carbocycles. The summed E-state index contributed by atoms with van der Waals surface area (Å²) in [6, 6.07) is 10.7. The summed E-state index contributed by atoms with van der Waals surface area (Å²) in [7, 11) is 2.75. The molecular formula is C15H16O5. The number of hydrogen-bond acceptors (Lipinski definition) is 5. The van der Waals surface area contributed by atoms with Crippen LogP contribution in [-0.2, 0) is 9.53 Å². The Hall–Kier alpha value is -2.11. The van der Waals surface area contributed by atoms with Crippen molar-refractivity contribution in [2.75, 3.05) is 14.2 Å². The zero-order valence-corrected chi connectivity index (χ0v) is 11.2. The number of rotatable bonds is 4. The molecule has 0 fully saturated rings. The van der Waals surface area contributed by atoms with E-state index in [9.17, 15) is 15.0 Å². The second kappa shape index (κ2) is 5.90. The summed E-state index contributed by atoms with van der Waals surface area (Å²) in [5, 5.41) is 21.4. The van der Waals surface area contributed by atoms with Gasteiger partial charge in [0.15, 0.2) is 6.10 Å². The predicted molar refractivity (Wildman–Crippen MR) is 73.5 cm³/mol. The molecular weight excluding hydrogens is 260 g/mol. The van der Waals surface area contributed by atoms with E-state index in [1.807, 2.05) is 12.1 Å². The van der Waals surface area contributed by atoms with E-state index in [1.165, 1.54) is 0 Å². The lowest BCUT2D eigenvalue weighted by atomic mass is 10.00. The maximum atomic E-state index is 11.2. The van der Waals surface area contributed by atoms with Crippen LogP contribution in [0.1, 0.15) is 11.7 Å². The lowest BCUT2D eigenvalue weighted by Gasteiger charge is -2.16. The third-order valence-corrected chi connectivity index (χ3v) is 3.15. The molecule has 0 amide bonds. The van der Waals surface area contributed by atoms with E-state index in [2.05, 4.69) is 4.74 Å². The molecule has 0 aliphatic rings. The zero-order chi connectivity index (χ0) is 14.7. The van der Waals surface area contributed by atoms with Gasteiger partial charge in [-0.1, -0.05) is 18.2 Å². The lowest BCUT2D eigenvalue weighted by Crippen LogP contribution is -2.28. The SMILES string of the molecule is COC(=O)C(O)C(O)c1ccc2cc(OC)ccc2c1. The highest BCUT2D eigenvalue weighted by atomic mass is 16.5. The van der Waals surface area contributed by atoms with Crippen molar-refractivity contribution in [2.24, 2.45) is 0 Å². The third-order valence-electron chi connectivity index (χ3n) is 3.15. The molecule has 2 atom stereocenters. The van der Waals surface area contributed by atoms with E-state index < -0.39 is 18.2 Å². The number of benzene rings is 2. The fourth-order valence-corrected chi connectivity index (χ4v) is 1.99. The molecule has 5 heteroatoms. The van der Waals surface area contributed by atoms with Crippen LogP contribution in [0.25, 0.3) is 10.8 Å². The Morgan fingerprint density at radius 1 is 1.05 bits per heavy atom. The Bertz CT molecular complexity index is 623. The van der Waals surface area contributed by atoms with Crippen LogP contribution in [0.15, 0.2) is 36.4 Å². The molecule has 0 aliphatic heterocycles. The van der Waals surface area contributed by atoms with Gasteiger partial charge in [-0.05, 0) is 34.5 Å². The highest BCUT2D eigenvalue weighted by Crippen LogP contribution is 2.25. The molecule has 2 aromatic carbocycles. The zero-order valence-electron chi connectivity index (χ0n) is 11.2. The number of hydrogen-bond donors (Lipinski definition) is 2. The minimum atomic E-state index is -1.60. The molecule has 0 aliphatic carbocycles. The maximum absolute atomic E-state index is 11.2. The van der Waals surface area contributed by atoms with E-state index in [0.717, 1.165) is 23.6 Å². The van der Waals surface area contributed by atoms with Crippen LogP contribution in [0.3, 0.4) is 0 Å². The molecule has 5 nitrogen and oxygen atoms in total. The number of aliphatic hydroxyl groups excluding tert-OH is 2. The lowest BCUT2D eigenvalue weighted by molar-refractivity contribution is -0.156. The van der Waals surface area contributed by atoms with Crippen LogP contribution >= 0.6 is 0 Å². The largest absolute Gasteiger partial charge is 0.497 e. The van der Waals surface area contributed by atoms with Crippen molar-refractivity contribution in [2.45, 2.75) is 12.2 Å². The number of fused-ring (bicyclic) bond motifs is 1. The summed E-state index contributed by atoms with van der Waals surface area (Å²) >= 11 is 0. The highest BCUT2D eigenvalue weighted by molar-refractivity contribution is 5.85. The van der Waals surface area contributed by atoms with Crippen molar-refractivity contribution in [3.63, 3.8) is 0 Å². The van der Waals surface area contributed by atoms with E-state index in [4.69, 9.17) is 4.74 Å². The third kappa shape index (κ3) is 2.74. The molecule has 2 unspecified atom stereocenters. The van der Waals surface area contributed by atoms with Crippen LogP contribution in [0.5, 0.6) is 5.75 Å². The first kappa shape index (κ1) is 14.3. The van der Waals surface area contributed by atoms with E-state index in [-0.39, 0.29) is 0 Å². The molecule has 2 rings (SSSR count). The minimum absolute atomic E-state index is 0.445. The summed E-state index contributed by atoms with van der Waals surface area (Å²) in [6.45, 7) is 0. The fraction of sp³-hybridized carbons (Fsp3) is 0.267. The van der Waals surface area contributed by atoms with Gasteiger partial charge in [-0.15, -0.1) is 0 Å². The summed E-state index contributed by atoms with van der Waals surface area (Å²) in [5.41, 5.74) is 0.445. The van der Waals surface area contributed by atoms with Gasteiger partial charge < -0.3 is 19.7 Å². The first-order valence-corrected chi connectivity index (χ1v) is 6.08.